The second-order valence-electron chi connectivity index (χ2n) is 4.19. The van der Waals surface area contributed by atoms with Gasteiger partial charge in [0.05, 0.1) is 12.2 Å². The van der Waals surface area contributed by atoms with E-state index >= 15 is 0 Å². The van der Waals surface area contributed by atoms with Crippen LogP contribution in [0, 0.1) is 0 Å². The van der Waals surface area contributed by atoms with Crippen molar-refractivity contribution in [3.63, 3.8) is 0 Å². The molecule has 0 radical (unpaired) electrons. The third-order valence-corrected chi connectivity index (χ3v) is 2.65. The summed E-state index contributed by atoms with van der Waals surface area (Å²) in [6.45, 7) is 1.19. The molecule has 0 bridgehead atoms. The molecule has 2 aromatic rings. The summed E-state index contributed by atoms with van der Waals surface area (Å²) in [5.74, 6) is 0.167. The molecule has 0 aliphatic rings. The maximum Gasteiger partial charge on any atom is 0.335 e. The van der Waals surface area contributed by atoms with Crippen molar-refractivity contribution in [2.45, 2.75) is 0 Å². The predicted molar refractivity (Wildman–Crippen MR) is 79.1 cm³/mol. The highest BCUT2D eigenvalue weighted by Crippen LogP contribution is 2.16. The maximum atomic E-state index is 10.8. The van der Waals surface area contributed by atoms with Crippen LogP contribution in [-0.4, -0.2) is 41.3 Å². The summed E-state index contributed by atoms with van der Waals surface area (Å²) in [5, 5.41) is 15.0. The number of ether oxygens (including phenoxy) is 1. The first kappa shape index (κ1) is 14.7. The molecule has 1 aromatic heterocycles. The van der Waals surface area contributed by atoms with E-state index in [4.69, 9.17) is 9.84 Å². The van der Waals surface area contributed by atoms with Gasteiger partial charge in [-0.05, 0) is 30.3 Å². The molecule has 21 heavy (non-hydrogen) atoms. The van der Waals surface area contributed by atoms with Crippen LogP contribution in [0.4, 0.5) is 17.5 Å². The predicted octanol–water partition coefficient (Wildman–Crippen LogP) is 1.98. The molecule has 0 saturated heterocycles. The number of rotatable bonds is 7. The van der Waals surface area contributed by atoms with Crippen molar-refractivity contribution in [2.75, 3.05) is 30.9 Å². The third kappa shape index (κ3) is 4.43. The van der Waals surface area contributed by atoms with Crippen molar-refractivity contribution in [2.24, 2.45) is 0 Å². The van der Waals surface area contributed by atoms with E-state index in [0.29, 0.717) is 24.9 Å². The van der Waals surface area contributed by atoms with Gasteiger partial charge in [-0.3, -0.25) is 0 Å². The van der Waals surface area contributed by atoms with Gasteiger partial charge in [0.1, 0.15) is 5.82 Å². The van der Waals surface area contributed by atoms with Crippen molar-refractivity contribution in [1.82, 2.24) is 9.97 Å². The smallest absolute Gasteiger partial charge is 0.335 e. The number of aromatic carboxylic acids is 1. The molecule has 0 atom stereocenters. The molecule has 1 heterocycles. The van der Waals surface area contributed by atoms with Crippen LogP contribution in [-0.2, 0) is 4.74 Å². The Bertz CT molecular complexity index is 601. The number of anilines is 3. The molecular weight excluding hydrogens is 272 g/mol. The fourth-order valence-electron chi connectivity index (χ4n) is 1.62. The molecule has 0 amide bonds. The second kappa shape index (κ2) is 7.20. The summed E-state index contributed by atoms with van der Waals surface area (Å²) in [4.78, 5) is 19.2. The van der Waals surface area contributed by atoms with Gasteiger partial charge in [-0.1, -0.05) is 0 Å². The standard InChI is InChI=1S/C14H16N4O3/c1-21-9-8-16-14-15-7-6-12(18-14)17-11-4-2-10(3-5-11)13(19)20/h2-7H,8-9H2,1H3,(H,19,20)(H2,15,16,17,18). The van der Waals surface area contributed by atoms with Gasteiger partial charge < -0.3 is 20.5 Å². The van der Waals surface area contributed by atoms with Crippen LogP contribution >= 0.6 is 0 Å². The number of carboxylic acids is 1. The van der Waals surface area contributed by atoms with Crippen molar-refractivity contribution in [3.8, 4) is 0 Å². The summed E-state index contributed by atoms with van der Waals surface area (Å²) in [5.41, 5.74) is 0.992. The minimum absolute atomic E-state index is 0.241. The quantitative estimate of drug-likeness (QED) is 0.670. The molecule has 0 fully saturated rings. The molecule has 0 spiro atoms. The summed E-state index contributed by atoms with van der Waals surface area (Å²) >= 11 is 0. The topological polar surface area (TPSA) is 96.4 Å². The van der Waals surface area contributed by atoms with Crippen LogP contribution in [0.5, 0.6) is 0 Å². The van der Waals surface area contributed by atoms with Crippen molar-refractivity contribution >= 4 is 23.4 Å². The number of methoxy groups -OCH3 is 1. The highest BCUT2D eigenvalue weighted by atomic mass is 16.5. The molecule has 110 valence electrons. The van der Waals surface area contributed by atoms with E-state index in [0.717, 1.165) is 5.69 Å². The first-order valence-electron chi connectivity index (χ1n) is 6.35. The molecule has 7 heteroatoms. The SMILES string of the molecule is COCCNc1nccc(Nc2ccc(C(=O)O)cc2)n1. The zero-order chi connectivity index (χ0) is 15.1. The van der Waals surface area contributed by atoms with Gasteiger partial charge in [0.15, 0.2) is 0 Å². The lowest BCUT2D eigenvalue weighted by atomic mass is 10.2. The van der Waals surface area contributed by atoms with Gasteiger partial charge in [-0.2, -0.15) is 4.98 Å². The Labute approximate surface area is 122 Å². The van der Waals surface area contributed by atoms with Crippen molar-refractivity contribution in [1.29, 1.82) is 0 Å². The summed E-state index contributed by atoms with van der Waals surface area (Å²) in [7, 11) is 1.63. The summed E-state index contributed by atoms with van der Waals surface area (Å²) in [6, 6.07) is 8.16. The lowest BCUT2D eigenvalue weighted by Gasteiger charge is -2.08. The van der Waals surface area contributed by atoms with Gasteiger partial charge >= 0.3 is 5.97 Å². The first-order valence-corrected chi connectivity index (χ1v) is 6.35. The number of hydrogen-bond donors (Lipinski definition) is 3. The average molecular weight is 288 g/mol. The Kier molecular flexibility index (Phi) is 5.05. The van der Waals surface area contributed by atoms with Crippen molar-refractivity contribution < 1.29 is 14.6 Å². The lowest BCUT2D eigenvalue weighted by molar-refractivity contribution is 0.0697. The third-order valence-electron chi connectivity index (χ3n) is 2.65. The molecule has 3 N–H and O–H groups in total. The first-order chi connectivity index (χ1) is 10.2. The largest absolute Gasteiger partial charge is 0.478 e. The number of aromatic nitrogens is 2. The minimum Gasteiger partial charge on any atom is -0.478 e. The van der Waals surface area contributed by atoms with Gasteiger partial charge in [0, 0.05) is 25.5 Å². The molecule has 7 nitrogen and oxygen atoms in total. The highest BCUT2D eigenvalue weighted by molar-refractivity contribution is 5.88. The number of benzene rings is 1. The van der Waals surface area contributed by atoms with E-state index in [-0.39, 0.29) is 5.56 Å². The average Bonchev–Trinajstić information content (AvgIpc) is 2.48. The van der Waals surface area contributed by atoms with Gasteiger partial charge in [0.2, 0.25) is 5.95 Å². The van der Waals surface area contributed by atoms with E-state index in [1.807, 2.05) is 0 Å². The molecule has 2 rings (SSSR count). The van der Waals surface area contributed by atoms with Crippen LogP contribution in [0.3, 0.4) is 0 Å². The summed E-state index contributed by atoms with van der Waals surface area (Å²) < 4.78 is 4.94. The number of carbonyl (C=O) groups is 1. The van der Waals surface area contributed by atoms with Crippen LogP contribution in [0.2, 0.25) is 0 Å². The molecule has 0 unspecified atom stereocenters. The Morgan fingerprint density at radius 3 is 2.71 bits per heavy atom. The zero-order valence-electron chi connectivity index (χ0n) is 11.5. The Hall–Kier alpha value is -2.67. The normalized spacial score (nSPS) is 10.1. The Balaban J connectivity index is 2.01. The van der Waals surface area contributed by atoms with E-state index in [2.05, 4.69) is 20.6 Å². The monoisotopic (exact) mass is 288 g/mol. The minimum atomic E-state index is -0.951. The van der Waals surface area contributed by atoms with E-state index < -0.39 is 5.97 Å². The van der Waals surface area contributed by atoms with Crippen molar-refractivity contribution in [3.05, 3.63) is 42.1 Å². The van der Waals surface area contributed by atoms with Gasteiger partial charge in [-0.15, -0.1) is 0 Å². The number of nitrogens with one attached hydrogen (secondary N) is 2. The van der Waals surface area contributed by atoms with E-state index in [1.165, 1.54) is 12.1 Å². The fourth-order valence-corrected chi connectivity index (χ4v) is 1.62. The summed E-state index contributed by atoms with van der Waals surface area (Å²) in [6.07, 6.45) is 1.64. The van der Waals surface area contributed by atoms with Crippen LogP contribution < -0.4 is 10.6 Å². The number of nitrogens with zero attached hydrogens (tertiary/aromatic N) is 2. The Morgan fingerprint density at radius 1 is 1.29 bits per heavy atom. The molecule has 0 aliphatic carbocycles. The van der Waals surface area contributed by atoms with E-state index in [1.54, 1.807) is 31.5 Å². The zero-order valence-corrected chi connectivity index (χ0v) is 11.5. The highest BCUT2D eigenvalue weighted by Gasteiger charge is 2.03. The molecule has 0 aliphatic heterocycles. The number of hydrogen-bond acceptors (Lipinski definition) is 6. The van der Waals surface area contributed by atoms with Crippen LogP contribution in [0.15, 0.2) is 36.5 Å². The van der Waals surface area contributed by atoms with Gasteiger partial charge in [-0.25, -0.2) is 9.78 Å². The second-order valence-corrected chi connectivity index (χ2v) is 4.19. The Morgan fingerprint density at radius 2 is 2.05 bits per heavy atom. The van der Waals surface area contributed by atoms with Gasteiger partial charge in [0.25, 0.3) is 0 Å². The maximum absolute atomic E-state index is 10.8. The van der Waals surface area contributed by atoms with E-state index in [9.17, 15) is 4.79 Å². The molecular formula is C14H16N4O3. The fraction of sp³-hybridized carbons (Fsp3) is 0.214. The molecule has 1 aromatic carbocycles. The lowest BCUT2D eigenvalue weighted by Crippen LogP contribution is -2.10. The molecule has 0 saturated carbocycles. The van der Waals surface area contributed by atoms with Crippen LogP contribution in [0.25, 0.3) is 0 Å². The number of carboxylic acid groups (broad SMARTS) is 1. The van der Waals surface area contributed by atoms with Crippen LogP contribution in [0.1, 0.15) is 10.4 Å².